The average molecular weight is 460 g/mol. The molecule has 32 heavy (non-hydrogen) atoms. The highest BCUT2D eigenvalue weighted by Gasteiger charge is 2.32. The van der Waals surface area contributed by atoms with E-state index in [-0.39, 0.29) is 16.8 Å². The fraction of sp³-hybridized carbons (Fsp3) is 0.542. The molecular formula is C24H33N3O4S. The lowest BCUT2D eigenvalue weighted by atomic mass is 9.94. The van der Waals surface area contributed by atoms with Crippen LogP contribution >= 0.6 is 0 Å². The molecule has 174 valence electrons. The monoisotopic (exact) mass is 459 g/mol. The van der Waals surface area contributed by atoms with Gasteiger partial charge in [-0.05, 0) is 80.6 Å². The van der Waals surface area contributed by atoms with E-state index in [0.717, 1.165) is 38.1 Å². The summed E-state index contributed by atoms with van der Waals surface area (Å²) in [5.74, 6) is 1.32. The van der Waals surface area contributed by atoms with E-state index in [1.165, 1.54) is 0 Å². The van der Waals surface area contributed by atoms with Crippen LogP contribution in [0.1, 0.15) is 55.3 Å². The minimum absolute atomic E-state index is 0.000758. The molecule has 0 radical (unpaired) electrons. The van der Waals surface area contributed by atoms with Gasteiger partial charge < -0.3 is 9.73 Å². The highest BCUT2D eigenvalue weighted by molar-refractivity contribution is 7.89. The van der Waals surface area contributed by atoms with Gasteiger partial charge >= 0.3 is 0 Å². The normalized spacial score (nSPS) is 23.8. The molecule has 0 spiro atoms. The number of hydrogen-bond donors (Lipinski definition) is 1. The number of carbonyl (C=O) groups excluding carboxylic acids is 1. The molecule has 1 aromatic heterocycles. The minimum Gasteiger partial charge on any atom is -0.468 e. The van der Waals surface area contributed by atoms with E-state index in [9.17, 15) is 13.2 Å². The number of furan rings is 1. The molecule has 2 aliphatic rings. The summed E-state index contributed by atoms with van der Waals surface area (Å²) in [5, 5.41) is 3.00. The third-order valence-electron chi connectivity index (χ3n) is 6.50. The van der Waals surface area contributed by atoms with Crippen molar-refractivity contribution in [3.8, 4) is 0 Å². The van der Waals surface area contributed by atoms with E-state index >= 15 is 0 Å². The first-order valence-corrected chi connectivity index (χ1v) is 12.9. The molecule has 3 heterocycles. The number of piperidine rings is 1. The first-order chi connectivity index (χ1) is 15.3. The van der Waals surface area contributed by atoms with Gasteiger partial charge in [-0.1, -0.05) is 13.8 Å². The number of sulfonamides is 1. The molecule has 1 aromatic carbocycles. The molecular weight excluding hydrogens is 426 g/mol. The van der Waals surface area contributed by atoms with Gasteiger partial charge in [0.2, 0.25) is 10.0 Å². The summed E-state index contributed by atoms with van der Waals surface area (Å²) in [6, 6.07) is 10.1. The van der Waals surface area contributed by atoms with Crippen molar-refractivity contribution < 1.29 is 17.6 Å². The highest BCUT2D eigenvalue weighted by Crippen LogP contribution is 2.27. The third-order valence-corrected chi connectivity index (χ3v) is 8.34. The zero-order chi connectivity index (χ0) is 22.7. The summed E-state index contributed by atoms with van der Waals surface area (Å²) in [7, 11) is -3.55. The number of carbonyl (C=O) groups is 1. The molecule has 3 unspecified atom stereocenters. The second-order valence-corrected chi connectivity index (χ2v) is 11.2. The SMILES string of the molecule is CC1CC(C)CN(S(=O)(=O)c2ccc(C(=O)NCC(c3ccco3)N3CCCC3)cc2)C1. The van der Waals surface area contributed by atoms with Crippen LogP contribution in [0.5, 0.6) is 0 Å². The van der Waals surface area contributed by atoms with Crippen molar-refractivity contribution in [2.24, 2.45) is 11.8 Å². The van der Waals surface area contributed by atoms with Gasteiger partial charge in [0.15, 0.2) is 0 Å². The number of hydrogen-bond acceptors (Lipinski definition) is 5. The van der Waals surface area contributed by atoms with Gasteiger partial charge in [0, 0.05) is 25.2 Å². The largest absolute Gasteiger partial charge is 0.468 e. The van der Waals surface area contributed by atoms with Crippen LogP contribution in [0.25, 0.3) is 0 Å². The number of nitrogens with zero attached hydrogens (tertiary/aromatic N) is 2. The van der Waals surface area contributed by atoms with Crippen molar-refractivity contribution in [2.45, 2.75) is 44.0 Å². The zero-order valence-electron chi connectivity index (χ0n) is 18.9. The molecule has 7 nitrogen and oxygen atoms in total. The number of likely N-dealkylation sites (tertiary alicyclic amines) is 1. The number of benzene rings is 1. The van der Waals surface area contributed by atoms with Crippen LogP contribution in [-0.2, 0) is 10.0 Å². The van der Waals surface area contributed by atoms with E-state index in [1.807, 2.05) is 12.1 Å². The maximum atomic E-state index is 13.1. The van der Waals surface area contributed by atoms with Crippen molar-refractivity contribution in [1.29, 1.82) is 0 Å². The number of nitrogens with one attached hydrogen (secondary N) is 1. The maximum Gasteiger partial charge on any atom is 0.251 e. The molecule has 0 saturated carbocycles. The van der Waals surface area contributed by atoms with Crippen LogP contribution < -0.4 is 5.32 Å². The standard InChI is InChI=1S/C24H33N3O4S/c1-18-14-19(2)17-27(16-18)32(29,30)21-9-7-20(8-10-21)24(28)25-15-22(23-6-5-13-31-23)26-11-3-4-12-26/h5-10,13,18-19,22H,3-4,11-12,14-17H2,1-2H3,(H,25,28). The molecule has 2 fully saturated rings. The lowest BCUT2D eigenvalue weighted by Gasteiger charge is -2.34. The first kappa shape index (κ1) is 23.0. The Labute approximate surface area is 190 Å². The molecule has 1 N–H and O–H groups in total. The van der Waals surface area contributed by atoms with Gasteiger partial charge in [-0.2, -0.15) is 4.31 Å². The van der Waals surface area contributed by atoms with Crippen LogP contribution in [0, 0.1) is 11.8 Å². The van der Waals surface area contributed by atoms with E-state index in [4.69, 9.17) is 4.42 Å². The Balaban J connectivity index is 1.41. The fourth-order valence-electron chi connectivity index (χ4n) is 4.96. The highest BCUT2D eigenvalue weighted by atomic mass is 32.2. The number of amides is 1. The second-order valence-electron chi connectivity index (χ2n) is 9.28. The van der Waals surface area contributed by atoms with Gasteiger partial charge in [-0.25, -0.2) is 8.42 Å². The fourth-order valence-corrected chi connectivity index (χ4v) is 6.64. The van der Waals surface area contributed by atoms with Crippen LogP contribution in [0.2, 0.25) is 0 Å². The van der Waals surface area contributed by atoms with Gasteiger partial charge in [0.1, 0.15) is 5.76 Å². The Morgan fingerprint density at radius 2 is 1.75 bits per heavy atom. The van der Waals surface area contributed by atoms with E-state index in [2.05, 4.69) is 24.1 Å². The molecule has 8 heteroatoms. The van der Waals surface area contributed by atoms with E-state index in [0.29, 0.717) is 37.0 Å². The lowest BCUT2D eigenvalue weighted by Crippen LogP contribution is -2.42. The number of rotatable bonds is 7. The zero-order valence-corrected chi connectivity index (χ0v) is 19.7. The summed E-state index contributed by atoms with van der Waals surface area (Å²) in [6.45, 7) is 7.67. The van der Waals surface area contributed by atoms with Gasteiger partial charge in [0.05, 0.1) is 17.2 Å². The molecule has 2 aromatic rings. The van der Waals surface area contributed by atoms with Crippen molar-refractivity contribution in [3.05, 3.63) is 54.0 Å². The molecule has 4 rings (SSSR count). The Morgan fingerprint density at radius 1 is 1.09 bits per heavy atom. The summed E-state index contributed by atoms with van der Waals surface area (Å²) in [6.07, 6.45) is 5.00. The van der Waals surface area contributed by atoms with Gasteiger partial charge in [-0.15, -0.1) is 0 Å². The van der Waals surface area contributed by atoms with E-state index < -0.39 is 10.0 Å². The van der Waals surface area contributed by atoms with Crippen LogP contribution in [-0.4, -0.2) is 56.3 Å². The molecule has 3 atom stereocenters. The van der Waals surface area contributed by atoms with E-state index in [1.54, 1.807) is 34.8 Å². The van der Waals surface area contributed by atoms with Crippen LogP contribution in [0.15, 0.2) is 52.0 Å². The van der Waals surface area contributed by atoms with Crippen molar-refractivity contribution in [2.75, 3.05) is 32.7 Å². The lowest BCUT2D eigenvalue weighted by molar-refractivity contribution is 0.0933. The molecule has 0 aliphatic carbocycles. The maximum absolute atomic E-state index is 13.1. The summed E-state index contributed by atoms with van der Waals surface area (Å²) >= 11 is 0. The molecule has 0 bridgehead atoms. The smallest absolute Gasteiger partial charge is 0.251 e. The van der Waals surface area contributed by atoms with Crippen molar-refractivity contribution in [3.63, 3.8) is 0 Å². The Hall–Kier alpha value is -2.16. The van der Waals surface area contributed by atoms with Crippen LogP contribution in [0.4, 0.5) is 0 Å². The predicted molar refractivity (Wildman–Crippen MR) is 123 cm³/mol. The molecule has 2 aliphatic heterocycles. The quantitative estimate of drug-likeness (QED) is 0.685. The van der Waals surface area contributed by atoms with Crippen molar-refractivity contribution >= 4 is 15.9 Å². The first-order valence-electron chi connectivity index (χ1n) is 11.5. The second kappa shape index (κ2) is 9.77. The summed E-state index contributed by atoms with van der Waals surface area (Å²) in [4.78, 5) is 15.3. The molecule has 1 amide bonds. The predicted octanol–water partition coefficient (Wildman–Crippen LogP) is 3.51. The minimum atomic E-state index is -3.55. The summed E-state index contributed by atoms with van der Waals surface area (Å²) in [5.41, 5.74) is 0.448. The Morgan fingerprint density at radius 3 is 2.34 bits per heavy atom. The third kappa shape index (κ3) is 5.08. The Bertz CT molecular complexity index is 988. The molecule has 2 saturated heterocycles. The Kier molecular flexibility index (Phi) is 7.02. The topological polar surface area (TPSA) is 82.9 Å². The van der Waals surface area contributed by atoms with Crippen molar-refractivity contribution in [1.82, 2.24) is 14.5 Å². The average Bonchev–Trinajstić information content (AvgIpc) is 3.48. The van der Waals surface area contributed by atoms with Gasteiger partial charge in [0.25, 0.3) is 5.91 Å². The van der Waals surface area contributed by atoms with Gasteiger partial charge in [-0.3, -0.25) is 9.69 Å². The van der Waals surface area contributed by atoms with Crippen LogP contribution in [0.3, 0.4) is 0 Å². The summed E-state index contributed by atoms with van der Waals surface area (Å²) < 4.78 is 33.3.